The lowest BCUT2D eigenvalue weighted by Gasteiger charge is -2.17. The Labute approximate surface area is 113 Å². The molecule has 0 saturated heterocycles. The molecule has 0 aromatic carbocycles. The van der Waals surface area contributed by atoms with E-state index in [0.29, 0.717) is 0 Å². The van der Waals surface area contributed by atoms with E-state index in [4.69, 9.17) is 4.74 Å². The van der Waals surface area contributed by atoms with Crippen LogP contribution in [0.3, 0.4) is 0 Å². The third-order valence-electron chi connectivity index (χ3n) is 2.67. The zero-order valence-electron chi connectivity index (χ0n) is 10.0. The predicted molar refractivity (Wildman–Crippen MR) is 75.5 cm³/mol. The van der Waals surface area contributed by atoms with Gasteiger partial charge in [-0.2, -0.15) is 0 Å². The summed E-state index contributed by atoms with van der Waals surface area (Å²) in [7, 11) is 3.81. The van der Waals surface area contributed by atoms with Crippen LogP contribution >= 0.6 is 27.3 Å². The van der Waals surface area contributed by atoms with Crippen molar-refractivity contribution >= 4 is 38.0 Å². The van der Waals surface area contributed by atoms with Crippen LogP contribution in [-0.4, -0.2) is 36.7 Å². The van der Waals surface area contributed by atoms with E-state index < -0.39 is 0 Å². The summed E-state index contributed by atoms with van der Waals surface area (Å²) in [5.74, 6) is 1.06. The van der Waals surface area contributed by atoms with Gasteiger partial charge in [0, 0.05) is 44.2 Å². The average molecular weight is 318 g/mol. The van der Waals surface area contributed by atoms with Gasteiger partial charge in [0.2, 0.25) is 0 Å². The molecule has 0 aliphatic heterocycles. The smallest absolute Gasteiger partial charge is 0.195 e. The summed E-state index contributed by atoms with van der Waals surface area (Å²) in [4.78, 5) is 7.90. The summed E-state index contributed by atoms with van der Waals surface area (Å²) >= 11 is 5.20. The fourth-order valence-electron chi connectivity index (χ4n) is 1.80. The maximum Gasteiger partial charge on any atom is 0.195 e. The lowest BCUT2D eigenvalue weighted by Crippen LogP contribution is -2.21. The van der Waals surface area contributed by atoms with E-state index >= 15 is 0 Å². The van der Waals surface area contributed by atoms with Crippen LogP contribution in [0.25, 0.3) is 4.96 Å². The van der Waals surface area contributed by atoms with Crippen molar-refractivity contribution in [3.05, 3.63) is 17.3 Å². The molecule has 94 valence electrons. The fourth-order valence-corrected chi connectivity index (χ4v) is 3.05. The van der Waals surface area contributed by atoms with E-state index in [9.17, 15) is 0 Å². The zero-order valence-corrected chi connectivity index (χ0v) is 12.4. The SMILES string of the molecule is COCCCN(C)c1nc2sccn2c1CBr. The minimum atomic E-state index is 0.788. The molecule has 0 unspecified atom stereocenters. The first-order valence-electron chi connectivity index (χ1n) is 5.48. The molecule has 4 nitrogen and oxygen atoms in total. The van der Waals surface area contributed by atoms with Gasteiger partial charge in [0.1, 0.15) is 0 Å². The number of hydrogen-bond acceptors (Lipinski definition) is 4. The second-order valence-corrected chi connectivity index (χ2v) is 5.27. The van der Waals surface area contributed by atoms with Crippen molar-refractivity contribution in [1.82, 2.24) is 9.38 Å². The fraction of sp³-hybridized carbons (Fsp3) is 0.545. The van der Waals surface area contributed by atoms with Gasteiger partial charge in [-0.15, -0.1) is 11.3 Å². The van der Waals surface area contributed by atoms with Crippen molar-refractivity contribution in [3.8, 4) is 0 Å². The Hall–Kier alpha value is -0.590. The highest BCUT2D eigenvalue weighted by molar-refractivity contribution is 9.08. The van der Waals surface area contributed by atoms with Gasteiger partial charge in [-0.1, -0.05) is 15.9 Å². The second-order valence-electron chi connectivity index (χ2n) is 3.84. The number of hydrogen-bond donors (Lipinski definition) is 0. The number of anilines is 1. The van der Waals surface area contributed by atoms with E-state index in [1.54, 1.807) is 18.4 Å². The lowest BCUT2D eigenvalue weighted by atomic mass is 10.4. The van der Waals surface area contributed by atoms with Crippen molar-refractivity contribution in [2.24, 2.45) is 0 Å². The Morgan fingerprint density at radius 3 is 3.12 bits per heavy atom. The number of imidazole rings is 1. The zero-order chi connectivity index (χ0) is 12.3. The first-order valence-corrected chi connectivity index (χ1v) is 7.48. The van der Waals surface area contributed by atoms with Crippen molar-refractivity contribution in [3.63, 3.8) is 0 Å². The number of fused-ring (bicyclic) bond motifs is 1. The maximum absolute atomic E-state index is 5.07. The van der Waals surface area contributed by atoms with E-state index in [1.807, 2.05) is 0 Å². The van der Waals surface area contributed by atoms with Crippen LogP contribution in [0, 0.1) is 0 Å². The maximum atomic E-state index is 5.07. The summed E-state index contributed by atoms with van der Waals surface area (Å²) < 4.78 is 7.21. The molecule has 2 aromatic rings. The molecule has 0 radical (unpaired) electrons. The molecule has 0 bridgehead atoms. The number of alkyl halides is 1. The molecule has 2 rings (SSSR count). The largest absolute Gasteiger partial charge is 0.385 e. The molecule has 17 heavy (non-hydrogen) atoms. The molecule has 0 saturated carbocycles. The Balaban J connectivity index is 2.18. The van der Waals surface area contributed by atoms with E-state index in [1.165, 1.54) is 5.69 Å². The van der Waals surface area contributed by atoms with Crippen LogP contribution in [0.15, 0.2) is 11.6 Å². The summed E-state index contributed by atoms with van der Waals surface area (Å²) in [6.07, 6.45) is 3.08. The van der Waals surface area contributed by atoms with Crippen molar-refractivity contribution in [2.45, 2.75) is 11.8 Å². The van der Waals surface area contributed by atoms with Gasteiger partial charge in [-0.3, -0.25) is 4.40 Å². The van der Waals surface area contributed by atoms with Gasteiger partial charge in [0.05, 0.1) is 5.69 Å². The summed E-state index contributed by atoms with van der Waals surface area (Å²) in [5, 5.41) is 2.87. The molecular formula is C11H16BrN3OS. The third kappa shape index (κ3) is 2.64. The third-order valence-corrected chi connectivity index (χ3v) is 3.96. The van der Waals surface area contributed by atoms with Crippen molar-refractivity contribution in [1.29, 1.82) is 0 Å². The van der Waals surface area contributed by atoms with Crippen LogP contribution in [0.1, 0.15) is 12.1 Å². The van der Waals surface area contributed by atoms with Crippen LogP contribution in [0.2, 0.25) is 0 Å². The minimum Gasteiger partial charge on any atom is -0.385 e. The molecule has 2 aromatic heterocycles. The highest BCUT2D eigenvalue weighted by Crippen LogP contribution is 2.25. The molecule has 0 N–H and O–H groups in total. The van der Waals surface area contributed by atoms with Gasteiger partial charge in [0.15, 0.2) is 10.8 Å². The van der Waals surface area contributed by atoms with Crippen LogP contribution in [0.5, 0.6) is 0 Å². The van der Waals surface area contributed by atoms with Gasteiger partial charge < -0.3 is 9.64 Å². The van der Waals surface area contributed by atoms with E-state index in [2.05, 4.69) is 48.8 Å². The van der Waals surface area contributed by atoms with Gasteiger partial charge in [-0.25, -0.2) is 4.98 Å². The number of methoxy groups -OCH3 is 1. The molecule has 6 heteroatoms. The van der Waals surface area contributed by atoms with Crippen molar-refractivity contribution < 1.29 is 4.74 Å². The van der Waals surface area contributed by atoms with Crippen molar-refractivity contribution in [2.75, 3.05) is 32.2 Å². The van der Waals surface area contributed by atoms with E-state index in [0.717, 1.165) is 35.7 Å². The Kier molecular flexibility index (Phi) is 4.42. The standard InChI is InChI=1S/C11H16BrN3OS/c1-14(4-3-6-16-2)10-9(8-12)15-5-7-17-11(15)13-10/h5,7H,3-4,6,8H2,1-2H3. The highest BCUT2D eigenvalue weighted by atomic mass is 79.9. The highest BCUT2D eigenvalue weighted by Gasteiger charge is 2.15. The normalized spacial score (nSPS) is 11.2. The predicted octanol–water partition coefficient (Wildman–Crippen LogP) is 2.76. The lowest BCUT2D eigenvalue weighted by molar-refractivity contribution is 0.196. The number of aromatic nitrogens is 2. The molecule has 0 amide bonds. The summed E-state index contributed by atoms with van der Waals surface area (Å²) in [5.41, 5.74) is 1.21. The van der Waals surface area contributed by atoms with Gasteiger partial charge in [0.25, 0.3) is 0 Å². The molecule has 0 fully saturated rings. The molecule has 2 heterocycles. The molecule has 0 spiro atoms. The topological polar surface area (TPSA) is 29.8 Å². The summed E-state index contributed by atoms with van der Waals surface area (Å²) in [6.45, 7) is 1.74. The summed E-state index contributed by atoms with van der Waals surface area (Å²) in [6, 6.07) is 0. The second kappa shape index (κ2) is 5.84. The molecule has 0 aliphatic carbocycles. The number of halogens is 1. The first-order chi connectivity index (χ1) is 8.27. The number of nitrogens with zero attached hydrogens (tertiary/aromatic N) is 3. The van der Waals surface area contributed by atoms with Gasteiger partial charge in [-0.05, 0) is 6.42 Å². The number of rotatable bonds is 6. The van der Waals surface area contributed by atoms with Crippen LogP contribution in [0.4, 0.5) is 5.82 Å². The van der Waals surface area contributed by atoms with Gasteiger partial charge >= 0.3 is 0 Å². The quantitative estimate of drug-likeness (QED) is 0.606. The molecular weight excluding hydrogens is 302 g/mol. The average Bonchev–Trinajstić information content (AvgIpc) is 2.88. The molecule has 0 atom stereocenters. The monoisotopic (exact) mass is 317 g/mol. The van der Waals surface area contributed by atoms with E-state index in [-0.39, 0.29) is 0 Å². The Morgan fingerprint density at radius 1 is 1.59 bits per heavy atom. The first kappa shape index (κ1) is 12.9. The molecule has 0 aliphatic rings. The minimum absolute atomic E-state index is 0.788. The van der Waals surface area contributed by atoms with Crippen LogP contribution < -0.4 is 4.90 Å². The Morgan fingerprint density at radius 2 is 2.41 bits per heavy atom. The van der Waals surface area contributed by atoms with Crippen LogP contribution in [-0.2, 0) is 10.1 Å². The number of ether oxygens (including phenoxy) is 1. The number of thiazole rings is 1. The Bertz CT molecular complexity index is 482.